The lowest BCUT2D eigenvalue weighted by atomic mass is 9.96. The van der Waals surface area contributed by atoms with Crippen LogP contribution in [0.15, 0.2) is 84.9 Å². The fourth-order valence-electron chi connectivity index (χ4n) is 5.84. The summed E-state index contributed by atoms with van der Waals surface area (Å²) < 4.78 is 14.3. The third-order valence-electron chi connectivity index (χ3n) is 8.71. The SMILES string of the molecule is CCOC(=O)[C@H](O)[C@@H](O)[C@H](Cc1ccc(-c2cc(Cl)cc(Cl)c2)cc1)NC(=O)COC.COCC(=O)N[C@@H](Cc1ccc(-c2cc(Cl)cc(Cl)c2)cc1)[C@H](O)[C@@H](O)C(=O)O. The summed E-state index contributed by atoms with van der Waals surface area (Å²) in [4.78, 5) is 46.7. The maximum Gasteiger partial charge on any atom is 0.337 e. The van der Waals surface area contributed by atoms with Crippen molar-refractivity contribution in [1.82, 2.24) is 10.6 Å². The van der Waals surface area contributed by atoms with E-state index in [0.29, 0.717) is 25.7 Å². The molecule has 0 saturated carbocycles. The Morgan fingerprint density at radius 1 is 0.567 bits per heavy atom. The Balaban J connectivity index is 0.000000321. The van der Waals surface area contributed by atoms with E-state index < -0.39 is 60.3 Å². The third-order valence-corrected chi connectivity index (χ3v) is 9.58. The first-order valence-corrected chi connectivity index (χ1v) is 19.8. The zero-order chi connectivity index (χ0) is 44.5. The van der Waals surface area contributed by atoms with Crippen LogP contribution in [0.2, 0.25) is 20.1 Å². The minimum Gasteiger partial charge on any atom is -0.479 e. The van der Waals surface area contributed by atoms with Gasteiger partial charge in [-0.15, -0.1) is 0 Å². The van der Waals surface area contributed by atoms with Crippen LogP contribution < -0.4 is 10.6 Å². The van der Waals surface area contributed by atoms with Gasteiger partial charge in [-0.25, -0.2) is 9.59 Å². The molecule has 18 heteroatoms. The molecule has 60 heavy (non-hydrogen) atoms. The number of aliphatic carboxylic acids is 1. The van der Waals surface area contributed by atoms with Gasteiger partial charge in [0.05, 0.1) is 18.7 Å². The Bertz CT molecular complexity index is 2000. The average Bonchev–Trinajstić information content (AvgIpc) is 3.19. The molecule has 0 heterocycles. The van der Waals surface area contributed by atoms with Gasteiger partial charge in [-0.2, -0.15) is 0 Å². The zero-order valence-corrected chi connectivity index (χ0v) is 35.7. The molecule has 14 nitrogen and oxygen atoms in total. The Morgan fingerprint density at radius 2 is 0.917 bits per heavy atom. The van der Waals surface area contributed by atoms with Crippen LogP contribution >= 0.6 is 46.4 Å². The smallest absolute Gasteiger partial charge is 0.337 e. The van der Waals surface area contributed by atoms with Gasteiger partial charge in [0.2, 0.25) is 11.8 Å². The van der Waals surface area contributed by atoms with Gasteiger partial charge in [0.25, 0.3) is 0 Å². The first kappa shape index (κ1) is 50.0. The van der Waals surface area contributed by atoms with Crippen LogP contribution in [0.3, 0.4) is 0 Å². The van der Waals surface area contributed by atoms with E-state index in [2.05, 4.69) is 10.6 Å². The average molecular weight is 913 g/mol. The Kier molecular flexibility index (Phi) is 20.7. The summed E-state index contributed by atoms with van der Waals surface area (Å²) in [6, 6.07) is 22.9. The summed E-state index contributed by atoms with van der Waals surface area (Å²) in [5.41, 5.74) is 4.85. The van der Waals surface area contributed by atoms with Gasteiger partial charge in [-0.3, -0.25) is 9.59 Å². The monoisotopic (exact) mass is 910 g/mol. The summed E-state index contributed by atoms with van der Waals surface area (Å²) in [5.74, 6) is -3.59. The number of amides is 2. The summed E-state index contributed by atoms with van der Waals surface area (Å²) in [6.45, 7) is 1.15. The number of carboxylic acids is 1. The fraction of sp³-hybridized carbons (Fsp3) is 0.333. The number of hydrogen-bond donors (Lipinski definition) is 7. The van der Waals surface area contributed by atoms with Crippen molar-refractivity contribution in [2.45, 2.75) is 56.3 Å². The largest absolute Gasteiger partial charge is 0.479 e. The number of carboxylic acid groups (broad SMARTS) is 1. The quantitative estimate of drug-likeness (QED) is 0.0634. The van der Waals surface area contributed by atoms with E-state index in [1.807, 2.05) is 36.4 Å². The molecule has 6 atom stereocenters. The van der Waals surface area contributed by atoms with Crippen molar-refractivity contribution in [2.75, 3.05) is 34.0 Å². The van der Waals surface area contributed by atoms with Crippen molar-refractivity contribution in [3.63, 3.8) is 0 Å². The highest BCUT2D eigenvalue weighted by Crippen LogP contribution is 2.29. The minimum absolute atomic E-state index is 0.0539. The van der Waals surface area contributed by atoms with Crippen LogP contribution in [0.25, 0.3) is 22.3 Å². The molecule has 324 valence electrons. The Labute approximate surface area is 366 Å². The van der Waals surface area contributed by atoms with E-state index in [-0.39, 0.29) is 32.7 Å². The predicted octanol–water partition coefficient (Wildman–Crippen LogP) is 4.76. The first-order chi connectivity index (χ1) is 28.4. The van der Waals surface area contributed by atoms with E-state index in [0.717, 1.165) is 27.8 Å². The molecular formula is C42H46Cl4N2O12. The molecule has 2 amide bonds. The topological polar surface area (TPSA) is 221 Å². The van der Waals surface area contributed by atoms with Crippen molar-refractivity contribution in [3.8, 4) is 22.3 Å². The second-order valence-electron chi connectivity index (χ2n) is 13.3. The molecule has 7 N–H and O–H groups in total. The zero-order valence-electron chi connectivity index (χ0n) is 32.7. The van der Waals surface area contributed by atoms with E-state index in [1.165, 1.54) is 14.2 Å². The number of benzene rings is 4. The van der Waals surface area contributed by atoms with Gasteiger partial charge >= 0.3 is 11.9 Å². The van der Waals surface area contributed by atoms with E-state index >= 15 is 0 Å². The minimum atomic E-state index is -2.05. The number of carbonyl (C=O) groups excluding carboxylic acids is 3. The first-order valence-electron chi connectivity index (χ1n) is 18.2. The molecule has 0 spiro atoms. The number of ether oxygens (including phenoxy) is 3. The van der Waals surface area contributed by atoms with Crippen LogP contribution in [-0.2, 0) is 46.2 Å². The summed E-state index contributed by atoms with van der Waals surface area (Å²) in [5, 5.41) is 56.6. The maximum atomic E-state index is 12.0. The molecule has 0 aliphatic rings. The Hall–Kier alpha value is -4.32. The van der Waals surface area contributed by atoms with Gasteiger partial charge in [-0.05, 0) is 89.5 Å². The predicted molar refractivity (Wildman–Crippen MR) is 227 cm³/mol. The lowest BCUT2D eigenvalue weighted by Crippen LogP contribution is -2.53. The van der Waals surface area contributed by atoms with Crippen molar-refractivity contribution in [1.29, 1.82) is 0 Å². The van der Waals surface area contributed by atoms with Gasteiger partial charge in [-0.1, -0.05) is 94.9 Å². The number of rotatable bonds is 19. The van der Waals surface area contributed by atoms with Gasteiger partial charge in [0, 0.05) is 34.3 Å². The number of hydrogen-bond acceptors (Lipinski definition) is 11. The number of esters is 1. The number of aliphatic hydroxyl groups excluding tert-OH is 4. The van der Waals surface area contributed by atoms with E-state index in [1.54, 1.807) is 55.5 Å². The molecule has 4 rings (SSSR count). The van der Waals surface area contributed by atoms with Gasteiger partial charge in [0.15, 0.2) is 12.2 Å². The van der Waals surface area contributed by atoms with Crippen molar-refractivity contribution in [2.24, 2.45) is 0 Å². The highest BCUT2D eigenvalue weighted by Gasteiger charge is 2.34. The van der Waals surface area contributed by atoms with Crippen molar-refractivity contribution >= 4 is 70.2 Å². The Morgan fingerprint density at radius 3 is 1.23 bits per heavy atom. The van der Waals surface area contributed by atoms with Crippen LogP contribution in [-0.4, -0.2) is 120 Å². The molecule has 0 aliphatic carbocycles. The highest BCUT2D eigenvalue weighted by molar-refractivity contribution is 6.35. The highest BCUT2D eigenvalue weighted by atomic mass is 35.5. The number of carbonyl (C=O) groups is 4. The van der Waals surface area contributed by atoms with E-state index in [4.69, 9.17) is 65.7 Å². The standard InChI is InChI=1S/C22H25Cl2NO6.C20H21Cl2NO6/c1-3-31-22(29)21(28)20(27)18(25-19(26)12-30-2)8-13-4-6-14(7-5-13)15-9-16(23)11-17(24)10-15;1-29-10-17(24)23-16(18(25)19(26)20(27)28)6-11-2-4-12(5-3-11)13-7-14(21)9-15(22)8-13/h4-7,9-11,18,20-21,27-28H,3,8,12H2,1-2H3,(H,25,26);2-5,7-9,16,18-19,25-26H,6,10H2,1H3,(H,23,24)(H,27,28)/t18-,20-,21+;16-,18-,19+/m00/s1. The molecule has 0 fully saturated rings. The van der Waals surface area contributed by atoms with Crippen molar-refractivity contribution < 1.29 is 58.9 Å². The van der Waals surface area contributed by atoms with Crippen molar-refractivity contribution in [3.05, 3.63) is 116 Å². The molecule has 0 radical (unpaired) electrons. The summed E-state index contributed by atoms with van der Waals surface area (Å²) in [6.07, 6.45) is -6.89. The summed E-state index contributed by atoms with van der Waals surface area (Å²) >= 11 is 24.2. The molecule has 0 aliphatic heterocycles. The second kappa shape index (κ2) is 24.8. The molecular weight excluding hydrogens is 866 g/mol. The normalized spacial score (nSPS) is 14.0. The molecule has 4 aromatic rings. The van der Waals surface area contributed by atoms with Crippen LogP contribution in [0.1, 0.15) is 18.1 Å². The van der Waals surface area contributed by atoms with Gasteiger partial charge in [0.1, 0.15) is 25.4 Å². The molecule has 0 aromatic heterocycles. The number of nitrogens with one attached hydrogen (secondary N) is 2. The van der Waals surface area contributed by atoms with Crippen LogP contribution in [0.4, 0.5) is 0 Å². The third kappa shape index (κ3) is 15.9. The molecule has 0 unspecified atom stereocenters. The number of aliphatic hydroxyl groups is 4. The van der Waals surface area contributed by atoms with Crippen LogP contribution in [0.5, 0.6) is 0 Å². The maximum absolute atomic E-state index is 12.0. The molecule has 4 aromatic carbocycles. The lowest BCUT2D eigenvalue weighted by molar-refractivity contribution is -0.161. The van der Waals surface area contributed by atoms with Crippen LogP contribution in [0, 0.1) is 0 Å². The number of methoxy groups -OCH3 is 2. The van der Waals surface area contributed by atoms with Gasteiger partial charge < -0.3 is 50.4 Å². The summed E-state index contributed by atoms with van der Waals surface area (Å²) in [7, 11) is 2.69. The fourth-order valence-corrected chi connectivity index (χ4v) is 6.89. The lowest BCUT2D eigenvalue weighted by Gasteiger charge is -2.27. The molecule has 0 saturated heterocycles. The van der Waals surface area contributed by atoms with E-state index in [9.17, 15) is 39.6 Å². The number of halogens is 4. The second-order valence-corrected chi connectivity index (χ2v) is 15.0. The molecule has 0 bridgehead atoms.